The molecule has 3 aromatic carbocycles. The van der Waals surface area contributed by atoms with Crippen LogP contribution < -0.4 is 11.1 Å². The third-order valence-electron chi connectivity index (χ3n) is 4.39. The number of anilines is 2. The number of hydrogen-bond donors (Lipinski definition) is 2. The predicted molar refractivity (Wildman–Crippen MR) is 108 cm³/mol. The molecular weight excluding hydrogens is 340 g/mol. The fourth-order valence-corrected chi connectivity index (χ4v) is 3.99. The average molecular weight is 358 g/mol. The number of benzene rings is 3. The van der Waals surface area contributed by atoms with Gasteiger partial charge in [0.2, 0.25) is 5.91 Å². The van der Waals surface area contributed by atoms with Crippen molar-refractivity contribution in [3.63, 3.8) is 0 Å². The van der Waals surface area contributed by atoms with Crippen molar-refractivity contribution in [3.05, 3.63) is 90.0 Å². The highest BCUT2D eigenvalue weighted by Gasteiger charge is 2.16. The molecule has 3 N–H and O–H groups in total. The molecule has 0 aliphatic carbocycles. The van der Waals surface area contributed by atoms with Gasteiger partial charge < -0.3 is 11.1 Å². The zero-order chi connectivity index (χ0) is 18.1. The first kappa shape index (κ1) is 16.5. The van der Waals surface area contributed by atoms with Crippen molar-refractivity contribution >= 4 is 34.6 Å². The number of fused-ring (bicyclic) bond motifs is 2. The summed E-state index contributed by atoms with van der Waals surface area (Å²) in [6.07, 6.45) is 0.256. The maximum atomic E-state index is 11.0. The second-order valence-electron chi connectivity index (χ2n) is 6.25. The lowest BCUT2D eigenvalue weighted by molar-refractivity contribution is -0.117. The fourth-order valence-electron chi connectivity index (χ4n) is 3.02. The Labute approximate surface area is 156 Å². The number of rotatable bonds is 4. The Morgan fingerprint density at radius 2 is 1.62 bits per heavy atom. The van der Waals surface area contributed by atoms with Crippen LogP contribution in [0.1, 0.15) is 16.7 Å². The number of para-hydroxylation sites is 1. The van der Waals surface area contributed by atoms with Gasteiger partial charge in [-0.3, -0.25) is 4.79 Å². The van der Waals surface area contributed by atoms with Gasteiger partial charge in [0, 0.05) is 9.79 Å². The number of primary amides is 1. The largest absolute Gasteiger partial charge is 0.369 e. The van der Waals surface area contributed by atoms with E-state index >= 15 is 0 Å². The molecule has 3 aromatic rings. The number of amides is 1. The van der Waals surface area contributed by atoms with E-state index in [9.17, 15) is 4.79 Å². The molecule has 26 heavy (non-hydrogen) atoms. The lowest BCUT2D eigenvalue weighted by atomic mass is 9.97. The zero-order valence-corrected chi connectivity index (χ0v) is 15.0. The maximum absolute atomic E-state index is 11.0. The van der Waals surface area contributed by atoms with Gasteiger partial charge in [0.25, 0.3) is 0 Å². The molecule has 0 bridgehead atoms. The standard InChI is InChI=1S/C22H18N2OS/c1-14(16-8-6-15(7-9-16)12-22(23)25)17-10-11-21-19(13-17)24-18-4-2-3-5-20(18)26-21/h2-11,13,24H,1,12H2,(H2,23,25). The van der Waals surface area contributed by atoms with Crippen molar-refractivity contribution in [2.45, 2.75) is 16.2 Å². The lowest BCUT2D eigenvalue weighted by Gasteiger charge is -2.21. The van der Waals surface area contributed by atoms with Crippen LogP contribution in [-0.2, 0) is 11.2 Å². The minimum Gasteiger partial charge on any atom is -0.369 e. The number of nitrogens with one attached hydrogen (secondary N) is 1. The summed E-state index contributed by atoms with van der Waals surface area (Å²) in [5, 5.41) is 3.50. The van der Waals surface area contributed by atoms with Crippen molar-refractivity contribution in [3.8, 4) is 0 Å². The highest BCUT2D eigenvalue weighted by Crippen LogP contribution is 2.44. The Morgan fingerprint density at radius 3 is 2.38 bits per heavy atom. The molecule has 3 nitrogen and oxygen atoms in total. The van der Waals surface area contributed by atoms with Gasteiger partial charge in [0.15, 0.2) is 0 Å². The monoisotopic (exact) mass is 358 g/mol. The van der Waals surface area contributed by atoms with Crippen LogP contribution in [0.5, 0.6) is 0 Å². The van der Waals surface area contributed by atoms with Crippen molar-refractivity contribution in [1.82, 2.24) is 0 Å². The normalized spacial score (nSPS) is 11.8. The Balaban J connectivity index is 1.59. The van der Waals surface area contributed by atoms with Crippen LogP contribution in [-0.4, -0.2) is 5.91 Å². The molecule has 0 radical (unpaired) electrons. The third-order valence-corrected chi connectivity index (χ3v) is 5.54. The van der Waals surface area contributed by atoms with Crippen LogP contribution in [0.4, 0.5) is 11.4 Å². The van der Waals surface area contributed by atoms with Gasteiger partial charge in [-0.25, -0.2) is 0 Å². The quantitative estimate of drug-likeness (QED) is 0.541. The molecule has 0 fully saturated rings. The third kappa shape index (κ3) is 3.24. The first-order valence-corrected chi connectivity index (χ1v) is 9.16. The molecule has 0 unspecified atom stereocenters. The summed E-state index contributed by atoms with van der Waals surface area (Å²) in [6, 6.07) is 22.5. The van der Waals surface area contributed by atoms with E-state index in [4.69, 9.17) is 5.73 Å². The van der Waals surface area contributed by atoms with Crippen LogP contribution in [0, 0.1) is 0 Å². The topological polar surface area (TPSA) is 55.1 Å². The van der Waals surface area contributed by atoms with E-state index in [-0.39, 0.29) is 12.3 Å². The van der Waals surface area contributed by atoms with Crippen LogP contribution in [0.3, 0.4) is 0 Å². The molecule has 0 saturated heterocycles. The molecule has 1 heterocycles. The Morgan fingerprint density at radius 1 is 0.923 bits per heavy atom. The first-order chi connectivity index (χ1) is 12.6. The van der Waals surface area contributed by atoms with Gasteiger partial charge in [-0.2, -0.15) is 0 Å². The summed E-state index contributed by atoms with van der Waals surface area (Å²) in [5.41, 5.74) is 11.4. The zero-order valence-electron chi connectivity index (χ0n) is 14.2. The van der Waals surface area contributed by atoms with Crippen molar-refractivity contribution in [1.29, 1.82) is 0 Å². The molecule has 0 atom stereocenters. The molecule has 4 rings (SSSR count). The molecule has 1 amide bonds. The molecule has 0 spiro atoms. The molecule has 0 saturated carbocycles. The SMILES string of the molecule is C=C(c1ccc(CC(N)=O)cc1)c1ccc2c(c1)Nc1ccccc1S2. The van der Waals surface area contributed by atoms with Crippen LogP contribution in [0.25, 0.3) is 5.57 Å². The molecule has 1 aliphatic heterocycles. The van der Waals surface area contributed by atoms with Gasteiger partial charge in [-0.1, -0.05) is 60.8 Å². The van der Waals surface area contributed by atoms with Gasteiger partial charge >= 0.3 is 0 Å². The van der Waals surface area contributed by atoms with Crippen LogP contribution >= 0.6 is 11.8 Å². The Kier molecular flexibility index (Phi) is 4.27. The minimum absolute atomic E-state index is 0.256. The Hall–Kier alpha value is -2.98. The smallest absolute Gasteiger partial charge is 0.221 e. The van der Waals surface area contributed by atoms with Crippen molar-refractivity contribution in [2.75, 3.05) is 5.32 Å². The van der Waals surface area contributed by atoms with E-state index in [1.165, 1.54) is 9.79 Å². The van der Waals surface area contributed by atoms with E-state index in [0.29, 0.717) is 0 Å². The predicted octanol–water partition coefficient (Wildman–Crippen LogP) is 4.98. The number of carbonyl (C=O) groups is 1. The van der Waals surface area contributed by atoms with E-state index in [0.717, 1.165) is 33.6 Å². The van der Waals surface area contributed by atoms with Crippen LogP contribution in [0.2, 0.25) is 0 Å². The lowest BCUT2D eigenvalue weighted by Crippen LogP contribution is -2.13. The van der Waals surface area contributed by atoms with Crippen LogP contribution in [0.15, 0.2) is 83.1 Å². The first-order valence-electron chi connectivity index (χ1n) is 8.35. The van der Waals surface area contributed by atoms with Gasteiger partial charge in [-0.05, 0) is 46.5 Å². The van der Waals surface area contributed by atoms with Gasteiger partial charge in [-0.15, -0.1) is 0 Å². The second-order valence-corrected chi connectivity index (χ2v) is 7.34. The molecule has 0 aromatic heterocycles. The highest BCUT2D eigenvalue weighted by atomic mass is 32.2. The number of nitrogens with two attached hydrogens (primary N) is 1. The highest BCUT2D eigenvalue weighted by molar-refractivity contribution is 7.99. The van der Waals surface area contributed by atoms with Crippen molar-refractivity contribution in [2.24, 2.45) is 5.73 Å². The summed E-state index contributed by atoms with van der Waals surface area (Å²) in [4.78, 5) is 13.5. The van der Waals surface area contributed by atoms with E-state index < -0.39 is 0 Å². The summed E-state index contributed by atoms with van der Waals surface area (Å²) < 4.78 is 0. The summed E-state index contributed by atoms with van der Waals surface area (Å²) in [5.74, 6) is -0.324. The number of carbonyl (C=O) groups excluding carboxylic acids is 1. The second kappa shape index (κ2) is 6.73. The van der Waals surface area contributed by atoms with Gasteiger partial charge in [0.1, 0.15) is 0 Å². The van der Waals surface area contributed by atoms with Crippen molar-refractivity contribution < 1.29 is 4.79 Å². The molecule has 1 aliphatic rings. The Bertz CT molecular complexity index is 1010. The summed E-state index contributed by atoms with van der Waals surface area (Å²) >= 11 is 1.77. The molecule has 4 heteroatoms. The number of hydrogen-bond acceptors (Lipinski definition) is 3. The van der Waals surface area contributed by atoms with E-state index in [1.54, 1.807) is 11.8 Å². The summed E-state index contributed by atoms with van der Waals surface area (Å²) in [6.45, 7) is 4.25. The van der Waals surface area contributed by atoms with Gasteiger partial charge in [0.05, 0.1) is 17.8 Å². The maximum Gasteiger partial charge on any atom is 0.221 e. The van der Waals surface area contributed by atoms with E-state index in [1.807, 2.05) is 30.3 Å². The van der Waals surface area contributed by atoms with E-state index in [2.05, 4.69) is 48.3 Å². The fraction of sp³-hybridized carbons (Fsp3) is 0.0455. The molecule has 128 valence electrons. The molecular formula is C22H18N2OS. The minimum atomic E-state index is -0.324. The average Bonchev–Trinajstić information content (AvgIpc) is 2.65. The summed E-state index contributed by atoms with van der Waals surface area (Å²) in [7, 11) is 0.